The van der Waals surface area contributed by atoms with E-state index in [1.165, 1.54) is 22.5 Å². The third-order valence-electron chi connectivity index (χ3n) is 6.08. The van der Waals surface area contributed by atoms with Crippen LogP contribution in [0.5, 0.6) is 0 Å². The zero-order valence-corrected chi connectivity index (χ0v) is 21.3. The highest BCUT2D eigenvalue weighted by Crippen LogP contribution is 2.22. The number of ether oxygens (including phenoxy) is 1. The molecule has 1 aliphatic heterocycles. The van der Waals surface area contributed by atoms with Crippen molar-refractivity contribution in [1.29, 1.82) is 0 Å². The molecule has 35 heavy (non-hydrogen) atoms. The van der Waals surface area contributed by atoms with Gasteiger partial charge in [-0.15, -0.1) is 11.3 Å². The molecule has 1 atom stereocenters. The predicted octanol–water partition coefficient (Wildman–Crippen LogP) is 4.43. The van der Waals surface area contributed by atoms with Gasteiger partial charge in [0.05, 0.1) is 22.4 Å². The number of carbonyl (C=O) groups is 2. The van der Waals surface area contributed by atoms with E-state index in [4.69, 9.17) is 16.3 Å². The van der Waals surface area contributed by atoms with Gasteiger partial charge in [-0.3, -0.25) is 9.59 Å². The lowest BCUT2D eigenvalue weighted by molar-refractivity contribution is -0.119. The van der Waals surface area contributed by atoms with Crippen LogP contribution >= 0.6 is 22.9 Å². The van der Waals surface area contributed by atoms with E-state index in [1.807, 2.05) is 42.5 Å². The Labute approximate surface area is 215 Å². The molecule has 3 aromatic rings. The fourth-order valence-electron chi connectivity index (χ4n) is 4.03. The summed E-state index contributed by atoms with van der Waals surface area (Å²) in [5.74, 6) is -0.662. The molecule has 184 valence electrons. The predicted molar refractivity (Wildman–Crippen MR) is 142 cm³/mol. The molecule has 2 amide bonds. The molecule has 0 fully saturated rings. The number of benzene rings is 2. The molecule has 0 bridgehead atoms. The van der Waals surface area contributed by atoms with Crippen LogP contribution in [0.15, 0.2) is 60.7 Å². The number of nitrogens with one attached hydrogen (secondary N) is 2. The van der Waals surface area contributed by atoms with Crippen molar-refractivity contribution in [2.24, 2.45) is 0 Å². The Balaban J connectivity index is 1.41. The number of halogens is 1. The molecule has 0 aliphatic carbocycles. The molecule has 2 aromatic carbocycles. The van der Waals surface area contributed by atoms with Gasteiger partial charge in [0.15, 0.2) is 0 Å². The number of anilines is 1. The Morgan fingerprint density at radius 3 is 2.57 bits per heavy atom. The lowest BCUT2D eigenvalue weighted by Crippen LogP contribution is -2.46. The number of thiophene rings is 1. The number of amides is 2. The second kappa shape index (κ2) is 12.3. The first-order valence-electron chi connectivity index (χ1n) is 11.8. The van der Waals surface area contributed by atoms with Crippen LogP contribution in [0.4, 0.5) is 5.69 Å². The average molecular weight is 512 g/mol. The van der Waals surface area contributed by atoms with Gasteiger partial charge in [0.2, 0.25) is 5.91 Å². The van der Waals surface area contributed by atoms with Crippen molar-refractivity contribution in [2.75, 3.05) is 38.7 Å². The van der Waals surface area contributed by atoms with Crippen LogP contribution in [-0.2, 0) is 28.8 Å². The zero-order chi connectivity index (χ0) is 24.6. The normalized spacial score (nSPS) is 14.6. The Morgan fingerprint density at radius 2 is 1.83 bits per heavy atom. The maximum atomic E-state index is 13.2. The van der Waals surface area contributed by atoms with Gasteiger partial charge in [0, 0.05) is 18.8 Å². The van der Waals surface area contributed by atoms with Crippen molar-refractivity contribution >= 4 is 40.4 Å². The molecule has 0 radical (unpaired) electrons. The summed E-state index contributed by atoms with van der Waals surface area (Å²) in [5.41, 5.74) is 4.44. The van der Waals surface area contributed by atoms with Crippen LogP contribution < -0.4 is 10.6 Å². The van der Waals surface area contributed by atoms with Crippen molar-refractivity contribution in [2.45, 2.75) is 25.3 Å². The smallest absolute Gasteiger partial charge is 0.262 e. The quantitative estimate of drug-likeness (QED) is 0.417. The maximum Gasteiger partial charge on any atom is 0.262 e. The Morgan fingerprint density at radius 1 is 1.06 bits per heavy atom. The van der Waals surface area contributed by atoms with Gasteiger partial charge in [-0.05, 0) is 67.3 Å². The molecule has 4 rings (SSSR count). The molecular weight excluding hydrogens is 482 g/mol. The van der Waals surface area contributed by atoms with Crippen molar-refractivity contribution in [1.82, 2.24) is 10.2 Å². The molecule has 0 spiro atoms. The van der Waals surface area contributed by atoms with E-state index in [0.29, 0.717) is 15.8 Å². The number of rotatable bonds is 9. The van der Waals surface area contributed by atoms with Crippen LogP contribution in [0.3, 0.4) is 0 Å². The zero-order valence-electron chi connectivity index (χ0n) is 19.8. The van der Waals surface area contributed by atoms with Crippen LogP contribution in [0, 0.1) is 0 Å². The molecule has 6 nitrogen and oxygen atoms in total. The lowest BCUT2D eigenvalue weighted by Gasteiger charge is -2.19. The van der Waals surface area contributed by atoms with Crippen molar-refractivity contribution in [3.63, 3.8) is 0 Å². The topological polar surface area (TPSA) is 70.7 Å². The first kappa shape index (κ1) is 25.4. The molecule has 2 N–H and O–H groups in total. The van der Waals surface area contributed by atoms with Gasteiger partial charge in [0.25, 0.3) is 5.91 Å². The monoisotopic (exact) mass is 511 g/mol. The summed E-state index contributed by atoms with van der Waals surface area (Å²) in [6.45, 7) is 2.53. The summed E-state index contributed by atoms with van der Waals surface area (Å²) < 4.78 is 6.34. The second-order valence-corrected chi connectivity index (χ2v) is 10.4. The van der Waals surface area contributed by atoms with E-state index >= 15 is 0 Å². The van der Waals surface area contributed by atoms with E-state index in [0.717, 1.165) is 43.6 Å². The summed E-state index contributed by atoms with van der Waals surface area (Å²) >= 11 is 7.16. The third kappa shape index (κ3) is 7.39. The number of carbonyl (C=O) groups excluding carboxylic acids is 2. The van der Waals surface area contributed by atoms with Gasteiger partial charge in [-0.2, -0.15) is 0 Å². The van der Waals surface area contributed by atoms with Crippen molar-refractivity contribution in [3.8, 4) is 0 Å². The fourth-order valence-corrected chi connectivity index (χ4v) is 4.97. The number of likely N-dealkylation sites (N-methyl/N-ethyl adjacent to an activating group) is 1. The van der Waals surface area contributed by atoms with E-state index in [9.17, 15) is 9.59 Å². The fraction of sp³-hybridized carbons (Fsp3) is 0.333. The molecule has 8 heteroatoms. The minimum Gasteiger partial charge on any atom is -0.378 e. The maximum absolute atomic E-state index is 13.2. The largest absolute Gasteiger partial charge is 0.378 e. The highest BCUT2D eigenvalue weighted by molar-refractivity contribution is 7.18. The minimum absolute atomic E-state index is 0.0687. The molecule has 0 saturated carbocycles. The molecule has 0 saturated heterocycles. The SMILES string of the molecule is CN1CCc2ccc(NC(=O)C(COCCc3ccccc3)NC(=O)c3ccc(Cl)s3)cc2CC1. The van der Waals surface area contributed by atoms with Crippen LogP contribution in [0.2, 0.25) is 4.34 Å². The summed E-state index contributed by atoms with van der Waals surface area (Å²) in [6.07, 6.45) is 2.66. The van der Waals surface area contributed by atoms with Gasteiger partial charge in [-0.25, -0.2) is 0 Å². The van der Waals surface area contributed by atoms with Crippen molar-refractivity contribution in [3.05, 3.63) is 86.6 Å². The Bertz CT molecular complexity index is 1150. The standard InChI is InChI=1S/C27H30ClN3O3S/c1-31-14-11-20-7-8-22(17-21(20)12-15-31)29-26(32)23(30-27(33)24-9-10-25(28)35-24)18-34-16-13-19-5-3-2-4-6-19/h2-10,17,23H,11-16,18H2,1H3,(H,29,32)(H,30,33). The van der Waals surface area contributed by atoms with E-state index in [1.54, 1.807) is 12.1 Å². The van der Waals surface area contributed by atoms with E-state index < -0.39 is 6.04 Å². The van der Waals surface area contributed by atoms with Gasteiger partial charge < -0.3 is 20.3 Å². The number of fused-ring (bicyclic) bond motifs is 1. The summed E-state index contributed by atoms with van der Waals surface area (Å²) in [7, 11) is 2.13. The first-order chi connectivity index (χ1) is 17.0. The summed E-state index contributed by atoms with van der Waals surface area (Å²) in [6, 6.07) is 18.5. The number of hydrogen-bond acceptors (Lipinski definition) is 5. The second-order valence-electron chi connectivity index (χ2n) is 8.72. The third-order valence-corrected chi connectivity index (χ3v) is 7.31. The summed E-state index contributed by atoms with van der Waals surface area (Å²) in [5, 5.41) is 5.79. The highest BCUT2D eigenvalue weighted by atomic mass is 35.5. The molecule has 1 aliphatic rings. The molecular formula is C27H30ClN3O3S. The lowest BCUT2D eigenvalue weighted by atomic mass is 10.0. The highest BCUT2D eigenvalue weighted by Gasteiger charge is 2.23. The van der Waals surface area contributed by atoms with Crippen LogP contribution in [-0.4, -0.2) is 56.1 Å². The molecule has 1 unspecified atom stereocenters. The average Bonchev–Trinajstić information content (AvgIpc) is 3.22. The van der Waals surface area contributed by atoms with Gasteiger partial charge in [-0.1, -0.05) is 48.0 Å². The Kier molecular flexibility index (Phi) is 8.93. The van der Waals surface area contributed by atoms with E-state index in [2.05, 4.69) is 28.6 Å². The Hall–Kier alpha value is -2.71. The first-order valence-corrected chi connectivity index (χ1v) is 13.0. The molecule has 2 heterocycles. The van der Waals surface area contributed by atoms with Gasteiger partial charge >= 0.3 is 0 Å². The van der Waals surface area contributed by atoms with Crippen molar-refractivity contribution < 1.29 is 14.3 Å². The number of hydrogen-bond donors (Lipinski definition) is 2. The van der Waals surface area contributed by atoms with E-state index in [-0.39, 0.29) is 18.4 Å². The van der Waals surface area contributed by atoms with Gasteiger partial charge in [0.1, 0.15) is 6.04 Å². The minimum atomic E-state index is -0.843. The number of nitrogens with zero attached hydrogens (tertiary/aromatic N) is 1. The van der Waals surface area contributed by atoms with Crippen LogP contribution in [0.25, 0.3) is 0 Å². The van der Waals surface area contributed by atoms with Crippen LogP contribution in [0.1, 0.15) is 26.4 Å². The molecule has 1 aromatic heterocycles. The summed E-state index contributed by atoms with van der Waals surface area (Å²) in [4.78, 5) is 28.7.